The summed E-state index contributed by atoms with van der Waals surface area (Å²) in [7, 11) is 3.05. The number of hydrogen-bond donors (Lipinski definition) is 3. The number of allylic oxidation sites excluding steroid dienone is 3. The molecule has 4 aliphatic rings. The van der Waals surface area contributed by atoms with E-state index in [0.717, 1.165) is 12.0 Å². The molecule has 3 fully saturated rings. The van der Waals surface area contributed by atoms with Crippen molar-refractivity contribution in [1.29, 1.82) is 0 Å². The average molecular weight is 722 g/mol. The third-order valence-electron chi connectivity index (χ3n) is 10.7. The zero-order valence-corrected chi connectivity index (χ0v) is 31.8. The summed E-state index contributed by atoms with van der Waals surface area (Å²) in [5.41, 5.74) is -1.71. The quantitative estimate of drug-likeness (QED) is 0.0829. The van der Waals surface area contributed by atoms with E-state index in [2.05, 4.69) is 17.2 Å². The van der Waals surface area contributed by atoms with Crippen LogP contribution in [0.5, 0.6) is 0 Å². The maximum absolute atomic E-state index is 13.6. The highest BCUT2D eigenvalue weighted by molar-refractivity contribution is 6.26. The smallest absolute Gasteiger partial charge is 0.312 e. The van der Waals surface area contributed by atoms with E-state index in [1.165, 1.54) is 7.11 Å². The minimum atomic E-state index is -1.97. The molecule has 14 atom stereocenters. The van der Waals surface area contributed by atoms with Crippen molar-refractivity contribution in [2.75, 3.05) is 14.2 Å². The van der Waals surface area contributed by atoms with E-state index >= 15 is 0 Å². The molecule has 280 valence electrons. The summed E-state index contributed by atoms with van der Waals surface area (Å²) in [5, 5.41) is 26.3. The Bertz CT molecular complexity index is 1400. The fraction of sp³-hybridized carbons (Fsp3) is 0.737. The van der Waals surface area contributed by atoms with Crippen molar-refractivity contribution in [3.63, 3.8) is 0 Å². The van der Waals surface area contributed by atoms with Gasteiger partial charge in [0.1, 0.15) is 17.3 Å². The van der Waals surface area contributed by atoms with Crippen molar-refractivity contribution in [1.82, 2.24) is 5.32 Å². The monoisotopic (exact) mass is 721 g/mol. The molecule has 0 aromatic carbocycles. The van der Waals surface area contributed by atoms with Gasteiger partial charge in [0.05, 0.1) is 41.8 Å². The molecule has 1 aliphatic carbocycles. The second kappa shape index (κ2) is 15.4. The Morgan fingerprint density at radius 3 is 2.30 bits per heavy atom. The summed E-state index contributed by atoms with van der Waals surface area (Å²) in [4.78, 5) is 24.8. The Morgan fingerprint density at radius 2 is 1.70 bits per heavy atom. The molecular formula is C38H56ClNO10. The highest BCUT2D eigenvalue weighted by atomic mass is 35.5. The molecule has 0 aromatic heterocycles. The zero-order valence-electron chi connectivity index (χ0n) is 31.0. The Labute approximate surface area is 302 Å². The molecule has 14 unspecified atom stereocenters. The van der Waals surface area contributed by atoms with E-state index in [1.807, 2.05) is 40.7 Å². The first-order valence-electron chi connectivity index (χ1n) is 17.4. The highest BCUT2D eigenvalue weighted by Crippen LogP contribution is 2.48. The van der Waals surface area contributed by atoms with Gasteiger partial charge < -0.3 is 44.0 Å². The molecule has 12 heteroatoms. The van der Waals surface area contributed by atoms with Crippen LogP contribution in [0.4, 0.5) is 0 Å². The summed E-state index contributed by atoms with van der Waals surface area (Å²) in [6, 6.07) is -0.784. The minimum Gasteiger partial charge on any atom is -0.455 e. The van der Waals surface area contributed by atoms with Gasteiger partial charge >= 0.3 is 5.97 Å². The van der Waals surface area contributed by atoms with Crippen LogP contribution < -0.4 is 5.32 Å². The number of carbonyl (C=O) groups is 2. The van der Waals surface area contributed by atoms with Gasteiger partial charge in [0, 0.05) is 44.8 Å². The number of aliphatic hydroxyl groups is 2. The van der Waals surface area contributed by atoms with E-state index in [1.54, 1.807) is 52.2 Å². The standard InChI is InChI=1S/C38H56ClNO10/c1-23-17-28(45-9)24(2)31-25(3)29(48-37(8)33(46-10)36(7,43)32(40-22-41)26(4)47-37)20-38(44,50-31)21-30(42)49-34(5,18-23)16-14-12-11-13-15-27-19-35(27,6)39/h11-12,14,16-17,22,24-29,31-33,43-44H,18-21H2,1-10H3,(H,40,41). The number of carbonyl (C=O) groups excluding carboxylic acids is 2. The van der Waals surface area contributed by atoms with E-state index in [-0.39, 0.29) is 29.0 Å². The molecule has 3 heterocycles. The molecule has 0 radical (unpaired) electrons. The lowest BCUT2D eigenvalue weighted by atomic mass is 9.78. The first-order valence-corrected chi connectivity index (χ1v) is 17.8. The first kappa shape index (κ1) is 40.5. The van der Waals surface area contributed by atoms with Crippen LogP contribution in [0.2, 0.25) is 0 Å². The number of fused-ring (bicyclic) bond motifs is 2. The lowest BCUT2D eigenvalue weighted by Crippen LogP contribution is -2.74. The topological polar surface area (TPSA) is 142 Å². The molecule has 1 saturated carbocycles. The van der Waals surface area contributed by atoms with Crippen molar-refractivity contribution < 1.29 is 48.2 Å². The Hall–Kier alpha value is -2.27. The number of alkyl halides is 1. The molecule has 1 amide bonds. The summed E-state index contributed by atoms with van der Waals surface area (Å²) in [6.45, 7) is 14.6. The van der Waals surface area contributed by atoms with Gasteiger partial charge in [-0.3, -0.25) is 9.59 Å². The summed E-state index contributed by atoms with van der Waals surface area (Å²) in [5.74, 6) is 1.60. The Kier molecular flexibility index (Phi) is 12.5. The SMILES string of the molecule is COC1C=C(C)CC(C)(C=CC=CC#CC2CC2(C)Cl)OC(=O)CC2(O)CC(OC3(C)OC(C)C(NC=O)C(C)(O)C3OC)C(C)C(O2)C1C. The predicted molar refractivity (Wildman–Crippen MR) is 188 cm³/mol. The largest absolute Gasteiger partial charge is 0.455 e. The molecule has 50 heavy (non-hydrogen) atoms. The number of hydrogen-bond acceptors (Lipinski definition) is 10. The maximum Gasteiger partial charge on any atom is 0.312 e. The predicted octanol–water partition coefficient (Wildman–Crippen LogP) is 4.33. The van der Waals surface area contributed by atoms with Crippen LogP contribution in [0.3, 0.4) is 0 Å². The molecule has 0 spiro atoms. The summed E-state index contributed by atoms with van der Waals surface area (Å²) in [6.07, 6.45) is 6.85. The molecule has 2 saturated heterocycles. The number of rotatable bonds is 8. The summed E-state index contributed by atoms with van der Waals surface area (Å²) < 4.78 is 37.2. The van der Waals surface area contributed by atoms with Gasteiger partial charge in [0.2, 0.25) is 6.41 Å². The van der Waals surface area contributed by atoms with Crippen LogP contribution in [-0.4, -0.2) is 101 Å². The van der Waals surface area contributed by atoms with Crippen LogP contribution >= 0.6 is 11.6 Å². The van der Waals surface area contributed by atoms with Gasteiger partial charge in [-0.05, 0) is 60.1 Å². The number of methoxy groups -OCH3 is 2. The van der Waals surface area contributed by atoms with Gasteiger partial charge in [-0.15, -0.1) is 11.6 Å². The van der Waals surface area contributed by atoms with Gasteiger partial charge in [0.25, 0.3) is 0 Å². The second-order valence-corrected chi connectivity index (χ2v) is 16.3. The van der Waals surface area contributed by atoms with Gasteiger partial charge in [0.15, 0.2) is 11.6 Å². The average Bonchev–Trinajstić information content (AvgIpc) is 3.61. The normalized spacial score (nSPS) is 46.9. The van der Waals surface area contributed by atoms with Crippen LogP contribution in [0, 0.1) is 29.6 Å². The fourth-order valence-electron chi connectivity index (χ4n) is 8.08. The lowest BCUT2D eigenvalue weighted by molar-refractivity contribution is -0.392. The van der Waals surface area contributed by atoms with Crippen molar-refractivity contribution in [3.8, 4) is 11.8 Å². The molecule has 3 N–H and O–H groups in total. The first-order chi connectivity index (χ1) is 23.2. The highest BCUT2D eigenvalue weighted by Gasteiger charge is 2.61. The van der Waals surface area contributed by atoms with Crippen LogP contribution in [0.1, 0.15) is 81.1 Å². The van der Waals surface area contributed by atoms with Crippen LogP contribution in [-0.2, 0) is 38.0 Å². The third kappa shape index (κ3) is 9.02. The number of amides is 1. The molecule has 4 rings (SSSR count). The number of halogens is 1. The van der Waals surface area contributed by atoms with Gasteiger partial charge in [-0.2, -0.15) is 0 Å². The second-order valence-electron chi connectivity index (χ2n) is 15.4. The van der Waals surface area contributed by atoms with E-state index in [4.69, 9.17) is 40.0 Å². The molecule has 11 nitrogen and oxygen atoms in total. The van der Waals surface area contributed by atoms with Crippen LogP contribution in [0.25, 0.3) is 0 Å². The van der Waals surface area contributed by atoms with Crippen LogP contribution in [0.15, 0.2) is 36.0 Å². The summed E-state index contributed by atoms with van der Waals surface area (Å²) >= 11 is 6.28. The Morgan fingerprint density at radius 1 is 1.02 bits per heavy atom. The van der Waals surface area contributed by atoms with Gasteiger partial charge in [-0.1, -0.05) is 49.5 Å². The maximum atomic E-state index is 13.6. The number of esters is 1. The van der Waals surface area contributed by atoms with E-state index in [0.29, 0.717) is 12.8 Å². The van der Waals surface area contributed by atoms with E-state index in [9.17, 15) is 19.8 Å². The minimum absolute atomic E-state index is 0.1000. The van der Waals surface area contributed by atoms with Gasteiger partial charge in [-0.25, -0.2) is 0 Å². The number of nitrogens with one attached hydrogen (secondary N) is 1. The Balaban J connectivity index is 1.63. The van der Waals surface area contributed by atoms with Crippen molar-refractivity contribution >= 4 is 24.0 Å². The lowest BCUT2D eigenvalue weighted by Gasteiger charge is -2.56. The number of ether oxygens (including phenoxy) is 6. The van der Waals surface area contributed by atoms with Crippen molar-refractivity contribution in [3.05, 3.63) is 36.0 Å². The third-order valence-corrected chi connectivity index (χ3v) is 11.1. The van der Waals surface area contributed by atoms with Crippen molar-refractivity contribution in [2.24, 2.45) is 17.8 Å². The van der Waals surface area contributed by atoms with Crippen molar-refractivity contribution in [2.45, 2.75) is 145 Å². The molecule has 0 aromatic rings. The molecule has 2 bridgehead atoms. The molecule has 3 aliphatic heterocycles. The van der Waals surface area contributed by atoms with E-state index < -0.39 is 71.7 Å². The fourth-order valence-corrected chi connectivity index (χ4v) is 8.29. The zero-order chi connectivity index (χ0) is 37.3. The number of cyclic esters (lactones) is 1. The molecular weight excluding hydrogens is 666 g/mol.